The zero-order valence-electron chi connectivity index (χ0n) is 11.2. The average molecular weight is 246 g/mol. The first-order chi connectivity index (χ1) is 8.58. The van der Waals surface area contributed by atoms with E-state index in [0.29, 0.717) is 5.92 Å². The number of carbonyl (C=O) groups excluding carboxylic acids is 1. The number of rotatable bonds is 2. The molecule has 2 atom stereocenters. The Morgan fingerprint density at radius 3 is 2.94 bits per heavy atom. The van der Waals surface area contributed by atoms with Crippen molar-refractivity contribution in [2.24, 2.45) is 5.92 Å². The summed E-state index contributed by atoms with van der Waals surface area (Å²) in [4.78, 5) is 14.4. The smallest absolute Gasteiger partial charge is 0.229 e. The molecule has 98 valence electrons. The van der Waals surface area contributed by atoms with Gasteiger partial charge in [-0.05, 0) is 43.4 Å². The molecule has 0 saturated carbocycles. The second-order valence-corrected chi connectivity index (χ2v) is 5.42. The number of benzene rings is 1. The Kier molecular flexibility index (Phi) is 3.90. The van der Waals surface area contributed by atoms with Gasteiger partial charge in [0.25, 0.3) is 0 Å². The van der Waals surface area contributed by atoms with Gasteiger partial charge >= 0.3 is 0 Å². The van der Waals surface area contributed by atoms with Crippen LogP contribution in [0.25, 0.3) is 0 Å². The van der Waals surface area contributed by atoms with E-state index in [9.17, 15) is 4.79 Å². The van der Waals surface area contributed by atoms with Crippen LogP contribution >= 0.6 is 0 Å². The van der Waals surface area contributed by atoms with Crippen LogP contribution in [0.2, 0.25) is 0 Å². The molecule has 1 aromatic carbocycles. The molecular weight excluding hydrogens is 224 g/mol. The van der Waals surface area contributed by atoms with Crippen molar-refractivity contribution in [1.29, 1.82) is 0 Å². The number of nitrogens with zero attached hydrogens (tertiary/aromatic N) is 1. The summed E-state index contributed by atoms with van der Waals surface area (Å²) in [7, 11) is 0. The number of nitrogen functional groups attached to an aromatic ring is 1. The van der Waals surface area contributed by atoms with Crippen molar-refractivity contribution < 1.29 is 4.79 Å². The molecule has 3 nitrogen and oxygen atoms in total. The molecule has 1 amide bonds. The molecule has 3 heteroatoms. The van der Waals surface area contributed by atoms with E-state index in [1.54, 1.807) is 0 Å². The highest BCUT2D eigenvalue weighted by Crippen LogP contribution is 2.23. The molecule has 2 unspecified atom stereocenters. The SMILES string of the molecule is CC1CCCN(C(=O)C(C)c2cccc(N)c2)C1. The van der Waals surface area contributed by atoms with Gasteiger partial charge in [0.15, 0.2) is 0 Å². The predicted octanol–water partition coefficient (Wildman–Crippen LogP) is 2.63. The van der Waals surface area contributed by atoms with E-state index in [1.165, 1.54) is 6.42 Å². The van der Waals surface area contributed by atoms with Gasteiger partial charge in [-0.1, -0.05) is 19.1 Å². The number of likely N-dealkylation sites (tertiary alicyclic amines) is 1. The minimum absolute atomic E-state index is 0.0983. The molecule has 0 bridgehead atoms. The third-order valence-electron chi connectivity index (χ3n) is 3.75. The lowest BCUT2D eigenvalue weighted by molar-refractivity contribution is -0.134. The van der Waals surface area contributed by atoms with Crippen LogP contribution in [0, 0.1) is 5.92 Å². The van der Waals surface area contributed by atoms with Gasteiger partial charge in [-0.15, -0.1) is 0 Å². The van der Waals surface area contributed by atoms with Crippen molar-refractivity contribution in [1.82, 2.24) is 4.90 Å². The third-order valence-corrected chi connectivity index (χ3v) is 3.75. The van der Waals surface area contributed by atoms with Gasteiger partial charge in [-0.25, -0.2) is 0 Å². The maximum absolute atomic E-state index is 12.4. The third kappa shape index (κ3) is 2.84. The number of piperidine rings is 1. The van der Waals surface area contributed by atoms with E-state index in [-0.39, 0.29) is 11.8 Å². The first kappa shape index (κ1) is 12.9. The fourth-order valence-electron chi connectivity index (χ4n) is 2.63. The van der Waals surface area contributed by atoms with Crippen LogP contribution in [0.3, 0.4) is 0 Å². The molecule has 1 aromatic rings. The lowest BCUT2D eigenvalue weighted by Crippen LogP contribution is -2.41. The second kappa shape index (κ2) is 5.42. The number of anilines is 1. The van der Waals surface area contributed by atoms with Crippen LogP contribution in [0.4, 0.5) is 5.69 Å². The van der Waals surface area contributed by atoms with Gasteiger partial charge in [0.1, 0.15) is 0 Å². The fraction of sp³-hybridized carbons (Fsp3) is 0.533. The summed E-state index contributed by atoms with van der Waals surface area (Å²) in [5.41, 5.74) is 7.51. The van der Waals surface area contributed by atoms with E-state index < -0.39 is 0 Å². The largest absolute Gasteiger partial charge is 0.399 e. The van der Waals surface area contributed by atoms with Crippen molar-refractivity contribution in [2.45, 2.75) is 32.6 Å². The number of hydrogen-bond donors (Lipinski definition) is 1. The molecule has 1 heterocycles. The highest BCUT2D eigenvalue weighted by molar-refractivity contribution is 5.83. The molecule has 1 fully saturated rings. The number of hydrogen-bond acceptors (Lipinski definition) is 2. The van der Waals surface area contributed by atoms with Crippen molar-refractivity contribution in [2.75, 3.05) is 18.8 Å². The molecule has 0 spiro atoms. The standard InChI is InChI=1S/C15H22N2O/c1-11-5-4-8-17(10-11)15(18)12(2)13-6-3-7-14(16)9-13/h3,6-7,9,11-12H,4-5,8,10,16H2,1-2H3. The Labute approximate surface area is 109 Å². The molecule has 2 N–H and O–H groups in total. The Hall–Kier alpha value is -1.51. The quantitative estimate of drug-likeness (QED) is 0.815. The first-order valence-corrected chi connectivity index (χ1v) is 6.72. The first-order valence-electron chi connectivity index (χ1n) is 6.72. The van der Waals surface area contributed by atoms with E-state index in [1.807, 2.05) is 36.1 Å². The summed E-state index contributed by atoms with van der Waals surface area (Å²) in [6, 6.07) is 7.64. The Balaban J connectivity index is 2.08. The van der Waals surface area contributed by atoms with Gasteiger partial charge < -0.3 is 10.6 Å². The van der Waals surface area contributed by atoms with Crippen molar-refractivity contribution in [3.05, 3.63) is 29.8 Å². The van der Waals surface area contributed by atoms with Gasteiger partial charge in [0, 0.05) is 18.8 Å². The van der Waals surface area contributed by atoms with E-state index in [0.717, 1.165) is 30.8 Å². The Bertz CT molecular complexity index is 430. The van der Waals surface area contributed by atoms with Crippen LogP contribution in [0.1, 0.15) is 38.2 Å². The maximum Gasteiger partial charge on any atom is 0.229 e. The minimum atomic E-state index is -0.0983. The van der Waals surface area contributed by atoms with Crippen LogP contribution in [0.15, 0.2) is 24.3 Å². The maximum atomic E-state index is 12.4. The lowest BCUT2D eigenvalue weighted by atomic mass is 9.95. The molecule has 1 aliphatic heterocycles. The molecule has 2 rings (SSSR count). The van der Waals surface area contributed by atoms with E-state index >= 15 is 0 Å². The van der Waals surface area contributed by atoms with Crippen molar-refractivity contribution in [3.63, 3.8) is 0 Å². The fourth-order valence-corrected chi connectivity index (χ4v) is 2.63. The topological polar surface area (TPSA) is 46.3 Å². The number of carbonyl (C=O) groups is 1. The summed E-state index contributed by atoms with van der Waals surface area (Å²) in [5, 5.41) is 0. The summed E-state index contributed by atoms with van der Waals surface area (Å²) in [6.45, 7) is 5.97. The predicted molar refractivity (Wildman–Crippen MR) is 74.2 cm³/mol. The molecule has 1 aliphatic rings. The Morgan fingerprint density at radius 1 is 1.50 bits per heavy atom. The van der Waals surface area contributed by atoms with Crippen LogP contribution in [-0.4, -0.2) is 23.9 Å². The van der Waals surface area contributed by atoms with E-state index in [4.69, 9.17) is 5.73 Å². The average Bonchev–Trinajstić information content (AvgIpc) is 2.37. The molecule has 0 radical (unpaired) electrons. The summed E-state index contributed by atoms with van der Waals surface area (Å²) >= 11 is 0. The minimum Gasteiger partial charge on any atom is -0.399 e. The number of amides is 1. The van der Waals surface area contributed by atoms with E-state index in [2.05, 4.69) is 6.92 Å². The zero-order chi connectivity index (χ0) is 13.1. The van der Waals surface area contributed by atoms with Crippen LogP contribution in [-0.2, 0) is 4.79 Å². The van der Waals surface area contributed by atoms with Crippen molar-refractivity contribution >= 4 is 11.6 Å². The van der Waals surface area contributed by atoms with Gasteiger partial charge in [0.2, 0.25) is 5.91 Å². The number of nitrogens with two attached hydrogens (primary N) is 1. The normalized spacial score (nSPS) is 21.7. The molecule has 18 heavy (non-hydrogen) atoms. The van der Waals surface area contributed by atoms with Crippen molar-refractivity contribution in [3.8, 4) is 0 Å². The summed E-state index contributed by atoms with van der Waals surface area (Å²) in [5.74, 6) is 0.752. The molecule has 1 saturated heterocycles. The molecular formula is C15H22N2O. The summed E-state index contributed by atoms with van der Waals surface area (Å²) in [6.07, 6.45) is 2.35. The summed E-state index contributed by atoms with van der Waals surface area (Å²) < 4.78 is 0. The highest BCUT2D eigenvalue weighted by atomic mass is 16.2. The molecule has 0 aromatic heterocycles. The highest BCUT2D eigenvalue weighted by Gasteiger charge is 2.25. The monoisotopic (exact) mass is 246 g/mol. The second-order valence-electron chi connectivity index (χ2n) is 5.42. The molecule has 0 aliphatic carbocycles. The lowest BCUT2D eigenvalue weighted by Gasteiger charge is -2.33. The van der Waals surface area contributed by atoms with Gasteiger partial charge in [-0.3, -0.25) is 4.79 Å². The van der Waals surface area contributed by atoms with Gasteiger partial charge in [0.05, 0.1) is 5.92 Å². The van der Waals surface area contributed by atoms with Crippen LogP contribution < -0.4 is 5.73 Å². The van der Waals surface area contributed by atoms with Gasteiger partial charge in [-0.2, -0.15) is 0 Å². The Morgan fingerprint density at radius 2 is 2.28 bits per heavy atom. The zero-order valence-corrected chi connectivity index (χ0v) is 11.2. The van der Waals surface area contributed by atoms with Crippen LogP contribution in [0.5, 0.6) is 0 Å².